The zero-order chi connectivity index (χ0) is 21.1. The lowest BCUT2D eigenvalue weighted by atomic mass is 10.1. The van der Waals surface area contributed by atoms with Gasteiger partial charge in [-0.15, -0.1) is 11.3 Å². The van der Waals surface area contributed by atoms with Crippen molar-refractivity contribution in [1.29, 1.82) is 0 Å². The van der Waals surface area contributed by atoms with Crippen LogP contribution in [0.15, 0.2) is 27.6 Å². The summed E-state index contributed by atoms with van der Waals surface area (Å²) in [5.74, 6) is 1.47. The summed E-state index contributed by atoms with van der Waals surface area (Å²) in [6.07, 6.45) is 5.20. The van der Waals surface area contributed by atoms with Crippen LogP contribution < -0.4 is 5.56 Å². The van der Waals surface area contributed by atoms with Gasteiger partial charge in [0.25, 0.3) is 11.5 Å². The smallest absolute Gasteiger partial charge is 0.264 e. The van der Waals surface area contributed by atoms with Crippen LogP contribution in [0.3, 0.4) is 0 Å². The number of rotatable bonds is 8. The van der Waals surface area contributed by atoms with Crippen LogP contribution in [-0.2, 0) is 24.2 Å². The van der Waals surface area contributed by atoms with E-state index in [0.29, 0.717) is 47.9 Å². The van der Waals surface area contributed by atoms with Crippen molar-refractivity contribution in [3.05, 3.63) is 50.8 Å². The number of furan rings is 1. The quantitative estimate of drug-likeness (QED) is 0.510. The number of carbonyl (C=O) groups excluding carboxylic acids is 1. The Kier molecular flexibility index (Phi) is 6.34. The fraction of sp³-hybridized carbons (Fsp3) is 0.500. The second-order valence-electron chi connectivity index (χ2n) is 7.53. The number of thiophene rings is 1. The van der Waals surface area contributed by atoms with E-state index in [1.165, 1.54) is 11.3 Å². The molecule has 160 valence electrons. The Hall–Kier alpha value is -2.45. The molecule has 4 heterocycles. The highest BCUT2D eigenvalue weighted by Crippen LogP contribution is 2.30. The summed E-state index contributed by atoms with van der Waals surface area (Å²) in [4.78, 5) is 34.3. The van der Waals surface area contributed by atoms with Crippen LogP contribution in [0.25, 0.3) is 10.2 Å². The summed E-state index contributed by atoms with van der Waals surface area (Å²) in [5, 5.41) is 0.585. The molecule has 1 aliphatic heterocycles. The third kappa shape index (κ3) is 4.06. The molecule has 0 spiro atoms. The molecule has 4 rings (SSSR count). The minimum Gasteiger partial charge on any atom is -0.467 e. The highest BCUT2D eigenvalue weighted by molar-refractivity contribution is 7.20. The Morgan fingerprint density at radius 3 is 3.03 bits per heavy atom. The highest BCUT2D eigenvalue weighted by Gasteiger charge is 2.26. The third-order valence-electron chi connectivity index (χ3n) is 5.49. The van der Waals surface area contributed by atoms with E-state index in [1.807, 2.05) is 26.0 Å². The Morgan fingerprint density at radius 1 is 1.40 bits per heavy atom. The van der Waals surface area contributed by atoms with Crippen LogP contribution in [0.4, 0.5) is 0 Å². The summed E-state index contributed by atoms with van der Waals surface area (Å²) >= 11 is 1.33. The van der Waals surface area contributed by atoms with Gasteiger partial charge >= 0.3 is 0 Å². The van der Waals surface area contributed by atoms with E-state index in [0.717, 1.165) is 42.8 Å². The minimum absolute atomic E-state index is 0.0172. The molecular formula is C22H27N3O4S. The first kappa shape index (κ1) is 20.8. The second kappa shape index (κ2) is 9.14. The van der Waals surface area contributed by atoms with Crippen LogP contribution >= 0.6 is 11.3 Å². The van der Waals surface area contributed by atoms with Crippen LogP contribution in [-0.4, -0.2) is 40.1 Å². The molecule has 7 nitrogen and oxygen atoms in total. The molecular weight excluding hydrogens is 402 g/mol. The van der Waals surface area contributed by atoms with Gasteiger partial charge in [0.2, 0.25) is 0 Å². The number of hydrogen-bond donors (Lipinski definition) is 0. The average Bonchev–Trinajstić information content (AvgIpc) is 3.38. The largest absolute Gasteiger partial charge is 0.467 e. The number of nitrogens with zero attached hydrogens (tertiary/aromatic N) is 3. The molecule has 0 unspecified atom stereocenters. The van der Waals surface area contributed by atoms with Crippen molar-refractivity contribution in [3.63, 3.8) is 0 Å². The first-order valence-corrected chi connectivity index (χ1v) is 11.3. The Labute approximate surface area is 179 Å². The lowest BCUT2D eigenvalue weighted by molar-refractivity contribution is 0.0703. The van der Waals surface area contributed by atoms with Gasteiger partial charge in [-0.05, 0) is 50.8 Å². The molecule has 0 atom stereocenters. The van der Waals surface area contributed by atoms with E-state index in [9.17, 15) is 9.59 Å². The minimum atomic E-state index is -0.0919. The van der Waals surface area contributed by atoms with E-state index in [1.54, 1.807) is 15.7 Å². The zero-order valence-electron chi connectivity index (χ0n) is 17.5. The number of carbonyl (C=O) groups is 1. The fourth-order valence-corrected chi connectivity index (χ4v) is 5.08. The lowest BCUT2D eigenvalue weighted by Gasteiger charge is -2.21. The average molecular weight is 430 g/mol. The second-order valence-corrected chi connectivity index (χ2v) is 8.53. The third-order valence-corrected chi connectivity index (χ3v) is 6.66. The molecule has 0 bridgehead atoms. The van der Waals surface area contributed by atoms with E-state index in [2.05, 4.69) is 0 Å². The van der Waals surface area contributed by atoms with Gasteiger partial charge in [-0.25, -0.2) is 4.98 Å². The highest BCUT2D eigenvalue weighted by atomic mass is 32.1. The fourth-order valence-electron chi connectivity index (χ4n) is 3.93. The van der Waals surface area contributed by atoms with Crippen molar-refractivity contribution < 1.29 is 13.9 Å². The van der Waals surface area contributed by atoms with Crippen molar-refractivity contribution in [3.8, 4) is 0 Å². The molecule has 0 radical (unpaired) electrons. The standard InChI is InChI=1S/C22H27N3O4S/c1-3-28-12-7-10-24(14-16-8-6-13-29-16)22(27)19-15(2)18-20(30-19)23-17-9-4-5-11-25(17)21(18)26/h6,8,13H,3-5,7,9-12,14H2,1-2H3. The molecule has 0 saturated carbocycles. The van der Waals surface area contributed by atoms with Crippen molar-refractivity contribution in [2.45, 2.75) is 52.6 Å². The molecule has 1 amide bonds. The molecule has 3 aromatic heterocycles. The summed E-state index contributed by atoms with van der Waals surface area (Å²) < 4.78 is 12.7. The first-order chi connectivity index (χ1) is 14.6. The predicted octanol–water partition coefficient (Wildman–Crippen LogP) is 3.76. The molecule has 8 heteroatoms. The van der Waals surface area contributed by atoms with Crippen molar-refractivity contribution in [1.82, 2.24) is 14.5 Å². The topological polar surface area (TPSA) is 77.6 Å². The van der Waals surface area contributed by atoms with Crippen LogP contribution in [0.1, 0.15) is 53.0 Å². The van der Waals surface area contributed by atoms with E-state index >= 15 is 0 Å². The summed E-state index contributed by atoms with van der Waals surface area (Å²) in [6.45, 7) is 6.71. The first-order valence-electron chi connectivity index (χ1n) is 10.5. The van der Waals surface area contributed by atoms with Gasteiger partial charge in [0, 0.05) is 32.7 Å². The molecule has 0 fully saturated rings. The Morgan fingerprint density at radius 2 is 2.27 bits per heavy atom. The van der Waals surface area contributed by atoms with Crippen molar-refractivity contribution in [2.75, 3.05) is 19.8 Å². The van der Waals surface area contributed by atoms with Gasteiger partial charge in [0.1, 0.15) is 16.4 Å². The molecule has 0 aromatic carbocycles. The summed E-state index contributed by atoms with van der Waals surface area (Å²) in [6, 6.07) is 3.68. The molecule has 3 aromatic rings. The molecule has 0 N–H and O–H groups in total. The van der Waals surface area contributed by atoms with Crippen LogP contribution in [0, 0.1) is 6.92 Å². The number of aromatic nitrogens is 2. The van der Waals surface area contributed by atoms with Crippen molar-refractivity contribution in [2.24, 2.45) is 0 Å². The lowest BCUT2D eigenvalue weighted by Crippen LogP contribution is -2.32. The molecule has 0 saturated heterocycles. The van der Waals surface area contributed by atoms with Gasteiger partial charge < -0.3 is 14.1 Å². The summed E-state index contributed by atoms with van der Waals surface area (Å²) in [7, 11) is 0. The van der Waals surface area contributed by atoms with Crippen LogP contribution in [0.2, 0.25) is 0 Å². The number of ether oxygens (including phenoxy) is 1. The van der Waals surface area contributed by atoms with Gasteiger partial charge in [0.15, 0.2) is 0 Å². The van der Waals surface area contributed by atoms with Gasteiger partial charge in [-0.2, -0.15) is 0 Å². The number of amides is 1. The molecule has 0 aliphatic carbocycles. The van der Waals surface area contributed by atoms with Crippen LogP contribution in [0.5, 0.6) is 0 Å². The number of fused-ring (bicyclic) bond motifs is 2. The maximum Gasteiger partial charge on any atom is 0.264 e. The van der Waals surface area contributed by atoms with Crippen molar-refractivity contribution >= 4 is 27.5 Å². The van der Waals surface area contributed by atoms with Gasteiger partial charge in [0.05, 0.1) is 23.1 Å². The van der Waals surface area contributed by atoms with E-state index in [-0.39, 0.29) is 11.5 Å². The maximum absolute atomic E-state index is 13.5. The van der Waals surface area contributed by atoms with Gasteiger partial charge in [-0.1, -0.05) is 0 Å². The molecule has 1 aliphatic rings. The normalized spacial score (nSPS) is 13.5. The summed E-state index contributed by atoms with van der Waals surface area (Å²) in [5.41, 5.74) is 0.712. The van der Waals surface area contributed by atoms with E-state index < -0.39 is 0 Å². The predicted molar refractivity (Wildman–Crippen MR) is 116 cm³/mol. The van der Waals surface area contributed by atoms with E-state index in [4.69, 9.17) is 14.1 Å². The number of hydrogen-bond acceptors (Lipinski definition) is 6. The van der Waals surface area contributed by atoms with Gasteiger partial charge in [-0.3, -0.25) is 14.2 Å². The SMILES string of the molecule is CCOCCCN(Cc1ccco1)C(=O)c1sc2nc3n(c(=O)c2c1C)CCCC3. The zero-order valence-corrected chi connectivity index (χ0v) is 18.3. The monoisotopic (exact) mass is 429 g/mol. The molecule has 30 heavy (non-hydrogen) atoms. The Bertz CT molecular complexity index is 1080. The maximum atomic E-state index is 13.5. The number of aryl methyl sites for hydroxylation is 2. The Balaban J connectivity index is 1.67.